The second-order valence-electron chi connectivity index (χ2n) is 5.11. The summed E-state index contributed by atoms with van der Waals surface area (Å²) in [6, 6.07) is -0.203. The molecule has 2 atom stereocenters. The molecule has 1 aromatic rings. The number of alkyl halides is 3. The van der Waals surface area contributed by atoms with Crippen molar-refractivity contribution in [3.8, 4) is 0 Å². The van der Waals surface area contributed by atoms with Gasteiger partial charge in [-0.3, -0.25) is 9.48 Å². The van der Waals surface area contributed by atoms with Gasteiger partial charge in [-0.05, 0) is 27.7 Å². The molecule has 1 rings (SSSR count). The highest BCUT2D eigenvalue weighted by molar-refractivity contribution is 5.84. The van der Waals surface area contributed by atoms with Gasteiger partial charge in [0.2, 0.25) is 5.91 Å². The first-order chi connectivity index (χ1) is 9.56. The predicted octanol–water partition coefficient (Wildman–Crippen LogP) is 2.86. The van der Waals surface area contributed by atoms with E-state index < -0.39 is 18.6 Å². The summed E-state index contributed by atoms with van der Waals surface area (Å²) in [4.78, 5) is 12.1. The minimum atomic E-state index is -4.34. The van der Waals surface area contributed by atoms with Gasteiger partial charge in [-0.2, -0.15) is 18.3 Å². The normalized spacial score (nSPS) is 14.6. The van der Waals surface area contributed by atoms with Crippen LogP contribution in [0, 0.1) is 13.8 Å². The SMILES string of the molecule is C=C[C@@H](C)NC(=O)[C@@H](C)c1c(C)nn(CC(F)(F)F)c1C. The molecule has 0 aliphatic heterocycles. The molecule has 0 aromatic carbocycles. The van der Waals surface area contributed by atoms with Crippen LogP contribution < -0.4 is 5.32 Å². The molecule has 0 saturated carbocycles. The Bertz CT molecular complexity index is 534. The molecule has 118 valence electrons. The van der Waals surface area contributed by atoms with Crippen molar-refractivity contribution in [2.24, 2.45) is 0 Å². The van der Waals surface area contributed by atoms with E-state index in [4.69, 9.17) is 0 Å². The van der Waals surface area contributed by atoms with Gasteiger partial charge in [-0.25, -0.2) is 0 Å². The van der Waals surface area contributed by atoms with E-state index in [9.17, 15) is 18.0 Å². The molecule has 0 aliphatic carbocycles. The number of aryl methyl sites for hydroxylation is 1. The van der Waals surface area contributed by atoms with Crippen LogP contribution in [0.5, 0.6) is 0 Å². The minimum absolute atomic E-state index is 0.203. The highest BCUT2D eigenvalue weighted by Gasteiger charge is 2.31. The quantitative estimate of drug-likeness (QED) is 0.850. The Morgan fingerprint density at radius 2 is 2.00 bits per heavy atom. The van der Waals surface area contributed by atoms with Crippen LogP contribution in [0.2, 0.25) is 0 Å². The van der Waals surface area contributed by atoms with Crippen molar-refractivity contribution in [2.45, 2.75) is 52.4 Å². The molecule has 4 nitrogen and oxygen atoms in total. The van der Waals surface area contributed by atoms with Crippen LogP contribution in [0.1, 0.15) is 36.7 Å². The molecule has 7 heteroatoms. The molecule has 1 amide bonds. The number of aromatic nitrogens is 2. The molecule has 21 heavy (non-hydrogen) atoms. The summed E-state index contributed by atoms with van der Waals surface area (Å²) in [7, 11) is 0. The van der Waals surface area contributed by atoms with Crippen LogP contribution in [0.25, 0.3) is 0 Å². The van der Waals surface area contributed by atoms with E-state index >= 15 is 0 Å². The smallest absolute Gasteiger partial charge is 0.350 e. The third-order valence-corrected chi connectivity index (χ3v) is 3.32. The predicted molar refractivity (Wildman–Crippen MR) is 74.0 cm³/mol. The maximum absolute atomic E-state index is 12.5. The second-order valence-corrected chi connectivity index (χ2v) is 5.11. The maximum Gasteiger partial charge on any atom is 0.408 e. The van der Waals surface area contributed by atoms with Crippen LogP contribution in [0.15, 0.2) is 12.7 Å². The van der Waals surface area contributed by atoms with Crippen molar-refractivity contribution >= 4 is 5.91 Å². The molecule has 0 fully saturated rings. The average Bonchev–Trinajstić information content (AvgIpc) is 2.61. The van der Waals surface area contributed by atoms with Gasteiger partial charge in [0, 0.05) is 17.3 Å². The molecule has 0 aliphatic rings. The largest absolute Gasteiger partial charge is 0.408 e. The lowest BCUT2D eigenvalue weighted by Gasteiger charge is -2.16. The molecule has 1 aromatic heterocycles. The molecule has 0 spiro atoms. The molecule has 0 radical (unpaired) electrons. The van der Waals surface area contributed by atoms with Gasteiger partial charge >= 0.3 is 6.18 Å². The monoisotopic (exact) mass is 303 g/mol. The van der Waals surface area contributed by atoms with Crippen LogP contribution in [0.3, 0.4) is 0 Å². The van der Waals surface area contributed by atoms with Crippen molar-refractivity contribution in [1.29, 1.82) is 0 Å². The summed E-state index contributed by atoms with van der Waals surface area (Å²) >= 11 is 0. The number of halogens is 3. The molecular formula is C14H20F3N3O. The second kappa shape index (κ2) is 6.32. The fourth-order valence-electron chi connectivity index (χ4n) is 2.20. The highest BCUT2D eigenvalue weighted by atomic mass is 19.4. The molecule has 0 bridgehead atoms. The number of rotatable bonds is 5. The Hall–Kier alpha value is -1.79. The van der Waals surface area contributed by atoms with Gasteiger partial charge in [-0.15, -0.1) is 6.58 Å². The standard InChI is InChI=1S/C14H20F3N3O/c1-6-8(2)18-13(21)9(3)12-10(4)19-20(11(12)5)7-14(15,16)17/h6,8-9H,1,7H2,2-5H3,(H,18,21)/t8-,9+/m1/s1. The molecule has 0 saturated heterocycles. The first-order valence-electron chi connectivity index (χ1n) is 6.60. The summed E-state index contributed by atoms with van der Waals surface area (Å²) in [5.74, 6) is -0.838. The molecule has 1 N–H and O–H groups in total. The summed E-state index contributed by atoms with van der Waals surface area (Å²) in [5, 5.41) is 6.62. The van der Waals surface area contributed by atoms with Gasteiger partial charge in [-0.1, -0.05) is 6.08 Å². The van der Waals surface area contributed by atoms with Crippen molar-refractivity contribution < 1.29 is 18.0 Å². The zero-order chi connectivity index (χ0) is 16.4. The third kappa shape index (κ3) is 4.34. The lowest BCUT2D eigenvalue weighted by atomic mass is 9.98. The van der Waals surface area contributed by atoms with E-state index in [2.05, 4.69) is 17.0 Å². The van der Waals surface area contributed by atoms with Gasteiger partial charge < -0.3 is 5.32 Å². The molecule has 1 heterocycles. The van der Waals surface area contributed by atoms with Gasteiger partial charge in [0.15, 0.2) is 0 Å². The zero-order valence-electron chi connectivity index (χ0n) is 12.6. The van der Waals surface area contributed by atoms with E-state index in [-0.39, 0.29) is 11.9 Å². The number of nitrogens with zero attached hydrogens (tertiary/aromatic N) is 2. The number of carbonyl (C=O) groups excluding carboxylic acids is 1. The average molecular weight is 303 g/mol. The zero-order valence-corrected chi connectivity index (χ0v) is 12.6. The summed E-state index contributed by atoms with van der Waals surface area (Å²) in [6.07, 6.45) is -2.76. The van der Waals surface area contributed by atoms with E-state index in [1.165, 1.54) is 0 Å². The fourth-order valence-corrected chi connectivity index (χ4v) is 2.20. The lowest BCUT2D eigenvalue weighted by molar-refractivity contribution is -0.143. The highest BCUT2D eigenvalue weighted by Crippen LogP contribution is 2.26. The summed E-state index contributed by atoms with van der Waals surface area (Å²) in [6.45, 7) is 8.99. The molecule has 0 unspecified atom stereocenters. The van der Waals surface area contributed by atoms with E-state index in [0.29, 0.717) is 17.0 Å². The van der Waals surface area contributed by atoms with Crippen molar-refractivity contribution in [3.63, 3.8) is 0 Å². The Balaban J connectivity index is 3.02. The van der Waals surface area contributed by atoms with Crippen LogP contribution in [-0.4, -0.2) is 27.9 Å². The molecular weight excluding hydrogens is 283 g/mol. The van der Waals surface area contributed by atoms with Gasteiger partial charge in [0.25, 0.3) is 0 Å². The topological polar surface area (TPSA) is 46.9 Å². The van der Waals surface area contributed by atoms with E-state index in [1.54, 1.807) is 33.8 Å². The van der Waals surface area contributed by atoms with Gasteiger partial charge in [0.1, 0.15) is 6.54 Å². The maximum atomic E-state index is 12.5. The van der Waals surface area contributed by atoms with E-state index in [0.717, 1.165) is 4.68 Å². The third-order valence-electron chi connectivity index (χ3n) is 3.32. The number of hydrogen-bond acceptors (Lipinski definition) is 2. The first kappa shape index (κ1) is 17.3. The Morgan fingerprint density at radius 1 is 1.43 bits per heavy atom. The lowest BCUT2D eigenvalue weighted by Crippen LogP contribution is -2.34. The van der Waals surface area contributed by atoms with Crippen molar-refractivity contribution in [1.82, 2.24) is 15.1 Å². The fraction of sp³-hybridized carbons (Fsp3) is 0.571. The van der Waals surface area contributed by atoms with Crippen LogP contribution in [0.4, 0.5) is 13.2 Å². The van der Waals surface area contributed by atoms with Gasteiger partial charge in [0.05, 0.1) is 11.6 Å². The minimum Gasteiger partial charge on any atom is -0.350 e. The summed E-state index contributed by atoms with van der Waals surface area (Å²) in [5.41, 5.74) is 1.33. The number of carbonyl (C=O) groups is 1. The number of hydrogen-bond donors (Lipinski definition) is 1. The van der Waals surface area contributed by atoms with E-state index in [1.807, 2.05) is 0 Å². The Morgan fingerprint density at radius 3 is 2.48 bits per heavy atom. The number of nitrogens with one attached hydrogen (secondary N) is 1. The van der Waals surface area contributed by atoms with Crippen LogP contribution >= 0.6 is 0 Å². The Kier molecular flexibility index (Phi) is 5.20. The number of amides is 1. The van der Waals surface area contributed by atoms with Crippen molar-refractivity contribution in [2.75, 3.05) is 0 Å². The summed E-state index contributed by atoms with van der Waals surface area (Å²) < 4.78 is 38.4. The van der Waals surface area contributed by atoms with Crippen LogP contribution in [-0.2, 0) is 11.3 Å². The first-order valence-corrected chi connectivity index (χ1v) is 6.60. The Labute approximate surface area is 122 Å². The van der Waals surface area contributed by atoms with Crippen molar-refractivity contribution in [3.05, 3.63) is 29.6 Å².